The largest absolute Gasteiger partial charge is 0.457 e. The number of benzene rings is 3. The molecule has 1 saturated heterocycles. The minimum Gasteiger partial charge on any atom is -0.457 e. The Balaban J connectivity index is 1.44. The Kier molecular flexibility index (Phi) is 4.89. The molecule has 140 valence electrons. The summed E-state index contributed by atoms with van der Waals surface area (Å²) in [5, 5.41) is 2.00. The van der Waals surface area contributed by atoms with Crippen LogP contribution in [0.1, 0.15) is 16.8 Å². The standard InChI is InChI=1S/C23H19NO4/c25-21(17-8-2-1-3-9-17)15-28-23(27)18-13-22(26)24(14-18)20-12-6-10-16-7-4-5-11-19(16)20/h1-12,18H,13-15H2. The van der Waals surface area contributed by atoms with Crippen LogP contribution >= 0.6 is 0 Å². The van der Waals surface area contributed by atoms with Gasteiger partial charge in [-0.15, -0.1) is 0 Å². The highest BCUT2D eigenvalue weighted by molar-refractivity contribution is 6.06. The summed E-state index contributed by atoms with van der Waals surface area (Å²) < 4.78 is 5.19. The predicted molar refractivity (Wildman–Crippen MR) is 106 cm³/mol. The van der Waals surface area contributed by atoms with Crippen molar-refractivity contribution in [2.24, 2.45) is 5.92 Å². The van der Waals surface area contributed by atoms with Gasteiger partial charge in [0.05, 0.1) is 11.6 Å². The van der Waals surface area contributed by atoms with E-state index in [0.717, 1.165) is 16.5 Å². The van der Waals surface area contributed by atoms with Crippen LogP contribution in [0.3, 0.4) is 0 Å². The van der Waals surface area contributed by atoms with Crippen LogP contribution in [0.15, 0.2) is 72.8 Å². The number of carbonyl (C=O) groups is 3. The van der Waals surface area contributed by atoms with Crippen LogP contribution in [0.4, 0.5) is 5.69 Å². The molecular weight excluding hydrogens is 354 g/mol. The van der Waals surface area contributed by atoms with E-state index in [2.05, 4.69) is 0 Å². The Labute approximate surface area is 162 Å². The number of Topliss-reactive ketones (excluding diaryl/α,β-unsaturated/α-hetero) is 1. The molecule has 1 unspecified atom stereocenters. The van der Waals surface area contributed by atoms with Gasteiger partial charge in [0.15, 0.2) is 12.4 Å². The topological polar surface area (TPSA) is 63.7 Å². The van der Waals surface area contributed by atoms with Gasteiger partial charge < -0.3 is 9.64 Å². The van der Waals surface area contributed by atoms with Gasteiger partial charge in [-0.25, -0.2) is 0 Å². The number of fused-ring (bicyclic) bond motifs is 1. The molecule has 1 amide bonds. The van der Waals surface area contributed by atoms with Crippen molar-refractivity contribution in [1.82, 2.24) is 0 Å². The molecule has 0 spiro atoms. The van der Waals surface area contributed by atoms with E-state index in [4.69, 9.17) is 4.74 Å². The average Bonchev–Trinajstić information content (AvgIpc) is 3.13. The lowest BCUT2D eigenvalue weighted by Crippen LogP contribution is -2.27. The van der Waals surface area contributed by atoms with E-state index in [1.54, 1.807) is 29.2 Å². The summed E-state index contributed by atoms with van der Waals surface area (Å²) in [6.45, 7) is -0.0625. The SMILES string of the molecule is O=C(COC(=O)C1CC(=O)N(c2cccc3ccccc23)C1)c1ccccc1. The Bertz CT molecular complexity index is 1040. The van der Waals surface area contributed by atoms with Crippen molar-refractivity contribution in [3.63, 3.8) is 0 Å². The zero-order valence-electron chi connectivity index (χ0n) is 15.2. The van der Waals surface area contributed by atoms with Crippen molar-refractivity contribution in [2.45, 2.75) is 6.42 Å². The third-order valence-electron chi connectivity index (χ3n) is 4.96. The molecule has 0 saturated carbocycles. The minimum absolute atomic E-state index is 0.0849. The summed E-state index contributed by atoms with van der Waals surface area (Å²) in [5.74, 6) is -1.47. The number of ketones is 1. The van der Waals surface area contributed by atoms with Crippen molar-refractivity contribution < 1.29 is 19.1 Å². The molecule has 0 radical (unpaired) electrons. The number of nitrogens with zero attached hydrogens (tertiary/aromatic N) is 1. The molecular formula is C23H19NO4. The van der Waals surface area contributed by atoms with Crippen molar-refractivity contribution in [3.05, 3.63) is 78.4 Å². The zero-order valence-corrected chi connectivity index (χ0v) is 15.2. The summed E-state index contributed by atoms with van der Waals surface area (Å²) in [6.07, 6.45) is 0.0849. The number of hydrogen-bond donors (Lipinski definition) is 0. The Hall–Kier alpha value is -3.47. The average molecular weight is 373 g/mol. The minimum atomic E-state index is -0.574. The maximum absolute atomic E-state index is 12.5. The van der Waals surface area contributed by atoms with Crippen LogP contribution in [0.25, 0.3) is 10.8 Å². The lowest BCUT2D eigenvalue weighted by atomic mass is 10.1. The van der Waals surface area contributed by atoms with Gasteiger partial charge in [-0.1, -0.05) is 66.7 Å². The molecule has 1 aliphatic rings. The first kappa shape index (κ1) is 17.9. The highest BCUT2D eigenvalue weighted by atomic mass is 16.5. The van der Waals surface area contributed by atoms with Crippen molar-refractivity contribution in [3.8, 4) is 0 Å². The van der Waals surface area contributed by atoms with Gasteiger partial charge in [0.2, 0.25) is 5.91 Å². The molecule has 0 aliphatic carbocycles. The van der Waals surface area contributed by atoms with E-state index >= 15 is 0 Å². The second-order valence-electron chi connectivity index (χ2n) is 6.80. The fourth-order valence-corrected chi connectivity index (χ4v) is 3.50. The predicted octanol–water partition coefficient (Wildman–Crippen LogP) is 3.62. The third-order valence-corrected chi connectivity index (χ3v) is 4.96. The summed E-state index contributed by atoms with van der Waals surface area (Å²) >= 11 is 0. The number of hydrogen-bond acceptors (Lipinski definition) is 4. The molecule has 28 heavy (non-hydrogen) atoms. The monoisotopic (exact) mass is 373 g/mol. The van der Waals surface area contributed by atoms with Crippen LogP contribution in [-0.4, -0.2) is 30.8 Å². The number of carbonyl (C=O) groups excluding carboxylic acids is 3. The summed E-state index contributed by atoms with van der Waals surface area (Å²) in [6, 6.07) is 22.3. The molecule has 0 N–H and O–H groups in total. The lowest BCUT2D eigenvalue weighted by molar-refractivity contribution is -0.147. The fraction of sp³-hybridized carbons (Fsp3) is 0.174. The smallest absolute Gasteiger partial charge is 0.311 e. The van der Waals surface area contributed by atoms with Crippen molar-refractivity contribution in [1.29, 1.82) is 0 Å². The fourth-order valence-electron chi connectivity index (χ4n) is 3.50. The van der Waals surface area contributed by atoms with E-state index in [9.17, 15) is 14.4 Å². The first-order valence-electron chi connectivity index (χ1n) is 9.16. The Morgan fingerprint density at radius 1 is 0.929 bits per heavy atom. The van der Waals surface area contributed by atoms with Crippen molar-refractivity contribution in [2.75, 3.05) is 18.1 Å². The van der Waals surface area contributed by atoms with E-state index < -0.39 is 11.9 Å². The maximum atomic E-state index is 12.5. The highest BCUT2D eigenvalue weighted by Crippen LogP contribution is 2.32. The molecule has 0 aromatic heterocycles. The molecule has 3 aromatic carbocycles. The normalized spacial score (nSPS) is 16.4. The number of ether oxygens (including phenoxy) is 1. The molecule has 1 atom stereocenters. The molecule has 3 aromatic rings. The van der Waals surface area contributed by atoms with Gasteiger partial charge in [0.25, 0.3) is 0 Å². The summed E-state index contributed by atoms with van der Waals surface area (Å²) in [4.78, 5) is 38.7. The number of esters is 1. The molecule has 0 bridgehead atoms. The van der Waals surface area contributed by atoms with Gasteiger partial charge in [-0.3, -0.25) is 14.4 Å². The first-order valence-corrected chi connectivity index (χ1v) is 9.16. The zero-order chi connectivity index (χ0) is 19.5. The maximum Gasteiger partial charge on any atom is 0.311 e. The van der Waals surface area contributed by atoms with E-state index in [1.807, 2.05) is 48.5 Å². The number of anilines is 1. The Morgan fingerprint density at radius 3 is 2.46 bits per heavy atom. The van der Waals surface area contributed by atoms with E-state index in [1.165, 1.54) is 0 Å². The Morgan fingerprint density at radius 2 is 1.64 bits per heavy atom. The third kappa shape index (κ3) is 3.51. The van der Waals surface area contributed by atoms with Gasteiger partial charge in [-0.2, -0.15) is 0 Å². The van der Waals surface area contributed by atoms with Crippen LogP contribution in [-0.2, 0) is 14.3 Å². The number of rotatable bonds is 5. The van der Waals surface area contributed by atoms with Gasteiger partial charge in [-0.05, 0) is 11.5 Å². The highest BCUT2D eigenvalue weighted by Gasteiger charge is 2.36. The van der Waals surface area contributed by atoms with E-state index in [0.29, 0.717) is 5.56 Å². The summed E-state index contributed by atoms with van der Waals surface area (Å²) in [5.41, 5.74) is 1.29. The second-order valence-corrected chi connectivity index (χ2v) is 6.80. The second kappa shape index (κ2) is 7.64. The quantitative estimate of drug-likeness (QED) is 0.506. The summed E-state index contributed by atoms with van der Waals surface area (Å²) in [7, 11) is 0. The van der Waals surface area contributed by atoms with Gasteiger partial charge in [0.1, 0.15) is 0 Å². The molecule has 5 nitrogen and oxygen atoms in total. The van der Waals surface area contributed by atoms with Crippen LogP contribution < -0.4 is 4.90 Å². The van der Waals surface area contributed by atoms with E-state index in [-0.39, 0.29) is 31.3 Å². The lowest BCUT2D eigenvalue weighted by Gasteiger charge is -2.18. The first-order chi connectivity index (χ1) is 13.6. The van der Waals surface area contributed by atoms with Crippen LogP contribution in [0.5, 0.6) is 0 Å². The van der Waals surface area contributed by atoms with Crippen molar-refractivity contribution >= 4 is 34.1 Å². The molecule has 4 rings (SSSR count). The molecule has 1 aliphatic heterocycles. The number of amides is 1. The van der Waals surface area contributed by atoms with Crippen LogP contribution in [0.2, 0.25) is 0 Å². The molecule has 1 fully saturated rings. The van der Waals surface area contributed by atoms with Gasteiger partial charge >= 0.3 is 5.97 Å². The van der Waals surface area contributed by atoms with Crippen LogP contribution in [0, 0.1) is 5.92 Å². The molecule has 1 heterocycles. The van der Waals surface area contributed by atoms with Gasteiger partial charge in [0, 0.05) is 23.9 Å². The molecule has 5 heteroatoms.